The molecule has 1 unspecified atom stereocenters. The van der Waals surface area contributed by atoms with Crippen LogP contribution in [0, 0.1) is 0 Å². The Morgan fingerprint density at radius 1 is 1.11 bits per heavy atom. The molecule has 2 aromatic rings. The highest BCUT2D eigenvalue weighted by Gasteiger charge is 2.22. The molecule has 18 heavy (non-hydrogen) atoms. The maximum Gasteiger partial charge on any atom is 0.0962 e. The lowest BCUT2D eigenvalue weighted by Gasteiger charge is -2.23. The molecule has 3 heteroatoms. The lowest BCUT2D eigenvalue weighted by atomic mass is 9.99. The predicted octanol–water partition coefficient (Wildman–Crippen LogP) is 3.27. The quantitative estimate of drug-likeness (QED) is 0.654. The molecule has 2 rings (SSSR count). The molecule has 2 nitrogen and oxygen atoms in total. The van der Waals surface area contributed by atoms with E-state index in [-0.39, 0.29) is 0 Å². The van der Waals surface area contributed by atoms with Crippen molar-refractivity contribution in [2.24, 2.45) is 0 Å². The highest BCUT2D eigenvalue weighted by atomic mass is 32.2. The van der Waals surface area contributed by atoms with Crippen LogP contribution in [-0.2, 0) is 5.60 Å². The Kier molecular flexibility index (Phi) is 3.94. The van der Waals surface area contributed by atoms with Crippen molar-refractivity contribution in [3.8, 4) is 0 Å². The first-order valence-electron chi connectivity index (χ1n) is 5.84. The summed E-state index contributed by atoms with van der Waals surface area (Å²) in [6.45, 7) is 1.83. The number of hydrogen-bond donors (Lipinski definition) is 2. The summed E-state index contributed by atoms with van der Waals surface area (Å²) in [6.07, 6.45) is 0. The van der Waals surface area contributed by atoms with Crippen LogP contribution in [0.3, 0.4) is 0 Å². The predicted molar refractivity (Wildman–Crippen MR) is 77.6 cm³/mol. The Bertz CT molecular complexity index is 511. The van der Waals surface area contributed by atoms with Gasteiger partial charge in [-0.25, -0.2) is 0 Å². The van der Waals surface area contributed by atoms with Gasteiger partial charge < -0.3 is 10.8 Å². The van der Waals surface area contributed by atoms with E-state index in [0.29, 0.717) is 5.75 Å². The topological polar surface area (TPSA) is 46.2 Å². The fraction of sp³-hybridized carbons (Fsp3) is 0.200. The Morgan fingerprint density at radius 3 is 2.50 bits per heavy atom. The second-order valence-electron chi connectivity index (χ2n) is 4.50. The van der Waals surface area contributed by atoms with E-state index in [1.807, 2.05) is 61.5 Å². The number of aliphatic hydroxyl groups is 1. The summed E-state index contributed by atoms with van der Waals surface area (Å²) in [5.74, 6) is 0.598. The third-order valence-electron chi connectivity index (χ3n) is 2.77. The van der Waals surface area contributed by atoms with Crippen LogP contribution < -0.4 is 5.73 Å². The second-order valence-corrected chi connectivity index (χ2v) is 5.55. The molecule has 94 valence electrons. The van der Waals surface area contributed by atoms with Crippen LogP contribution in [0.15, 0.2) is 59.5 Å². The number of nitrogen functional groups attached to an aromatic ring is 1. The van der Waals surface area contributed by atoms with Gasteiger partial charge in [-0.2, -0.15) is 0 Å². The number of thioether (sulfide) groups is 1. The molecule has 0 spiro atoms. The van der Waals surface area contributed by atoms with E-state index in [0.717, 1.165) is 16.1 Å². The van der Waals surface area contributed by atoms with E-state index in [1.54, 1.807) is 11.8 Å². The Morgan fingerprint density at radius 2 is 1.83 bits per heavy atom. The minimum atomic E-state index is -0.837. The van der Waals surface area contributed by atoms with Crippen molar-refractivity contribution < 1.29 is 5.11 Å². The van der Waals surface area contributed by atoms with E-state index >= 15 is 0 Å². The number of anilines is 1. The molecule has 0 amide bonds. The van der Waals surface area contributed by atoms with Crippen molar-refractivity contribution >= 4 is 17.4 Å². The van der Waals surface area contributed by atoms with Gasteiger partial charge in [0.05, 0.1) is 5.60 Å². The summed E-state index contributed by atoms with van der Waals surface area (Å²) < 4.78 is 0. The molecule has 0 aliphatic rings. The van der Waals surface area contributed by atoms with Crippen LogP contribution in [0.5, 0.6) is 0 Å². The first-order valence-corrected chi connectivity index (χ1v) is 6.83. The molecule has 3 N–H and O–H groups in total. The Labute approximate surface area is 112 Å². The van der Waals surface area contributed by atoms with Crippen LogP contribution in [-0.4, -0.2) is 10.9 Å². The lowest BCUT2D eigenvalue weighted by Crippen LogP contribution is -2.24. The average Bonchev–Trinajstić information content (AvgIpc) is 2.38. The lowest BCUT2D eigenvalue weighted by molar-refractivity contribution is 0.0839. The molecule has 0 bridgehead atoms. The summed E-state index contributed by atoms with van der Waals surface area (Å²) >= 11 is 1.61. The summed E-state index contributed by atoms with van der Waals surface area (Å²) in [7, 11) is 0. The van der Waals surface area contributed by atoms with Gasteiger partial charge in [0.1, 0.15) is 0 Å². The maximum atomic E-state index is 10.5. The summed E-state index contributed by atoms with van der Waals surface area (Å²) in [5, 5.41) is 10.5. The van der Waals surface area contributed by atoms with Gasteiger partial charge in [-0.3, -0.25) is 0 Å². The van der Waals surface area contributed by atoms with Crippen molar-refractivity contribution in [2.75, 3.05) is 11.5 Å². The minimum Gasteiger partial charge on any atom is -0.399 e. The average molecular weight is 259 g/mol. The highest BCUT2D eigenvalue weighted by molar-refractivity contribution is 7.99. The molecule has 0 radical (unpaired) electrons. The molecule has 0 heterocycles. The van der Waals surface area contributed by atoms with Crippen LogP contribution in [0.1, 0.15) is 12.5 Å². The van der Waals surface area contributed by atoms with Crippen LogP contribution >= 0.6 is 11.8 Å². The molecule has 0 aromatic heterocycles. The van der Waals surface area contributed by atoms with Gasteiger partial charge in [0.15, 0.2) is 0 Å². The van der Waals surface area contributed by atoms with Crippen molar-refractivity contribution in [3.05, 3.63) is 60.2 Å². The smallest absolute Gasteiger partial charge is 0.0962 e. The standard InChI is InChI=1S/C15H17NOS/c1-15(17,12-6-3-2-4-7-12)11-18-14-9-5-8-13(16)10-14/h2-10,17H,11,16H2,1H3. The number of rotatable bonds is 4. The third-order valence-corrected chi connectivity index (χ3v) is 4.07. The zero-order valence-corrected chi connectivity index (χ0v) is 11.2. The van der Waals surface area contributed by atoms with E-state index in [2.05, 4.69) is 0 Å². The molecule has 0 saturated carbocycles. The molecule has 0 aliphatic heterocycles. The largest absolute Gasteiger partial charge is 0.399 e. The maximum absolute atomic E-state index is 10.5. The normalized spacial score (nSPS) is 14.1. The minimum absolute atomic E-state index is 0.598. The zero-order valence-electron chi connectivity index (χ0n) is 10.3. The molecular weight excluding hydrogens is 242 g/mol. The van der Waals surface area contributed by atoms with Gasteiger partial charge in [0.2, 0.25) is 0 Å². The van der Waals surface area contributed by atoms with Gasteiger partial charge in [0, 0.05) is 16.3 Å². The van der Waals surface area contributed by atoms with Crippen LogP contribution in [0.2, 0.25) is 0 Å². The van der Waals surface area contributed by atoms with Crippen LogP contribution in [0.25, 0.3) is 0 Å². The van der Waals surface area contributed by atoms with Gasteiger partial charge in [-0.1, -0.05) is 36.4 Å². The van der Waals surface area contributed by atoms with Gasteiger partial charge >= 0.3 is 0 Å². The summed E-state index contributed by atoms with van der Waals surface area (Å²) in [5.41, 5.74) is 6.58. The van der Waals surface area contributed by atoms with Gasteiger partial charge in [-0.05, 0) is 30.7 Å². The van der Waals surface area contributed by atoms with Crippen molar-refractivity contribution in [2.45, 2.75) is 17.4 Å². The number of nitrogens with two attached hydrogens (primary N) is 1. The fourth-order valence-electron chi connectivity index (χ4n) is 1.71. The van der Waals surface area contributed by atoms with Crippen molar-refractivity contribution in [1.82, 2.24) is 0 Å². The van der Waals surface area contributed by atoms with Gasteiger partial charge in [0.25, 0.3) is 0 Å². The van der Waals surface area contributed by atoms with E-state index in [4.69, 9.17) is 5.73 Å². The monoisotopic (exact) mass is 259 g/mol. The molecule has 0 fully saturated rings. The molecule has 0 aliphatic carbocycles. The number of benzene rings is 2. The Balaban J connectivity index is 2.05. The molecule has 0 saturated heterocycles. The van der Waals surface area contributed by atoms with Crippen molar-refractivity contribution in [3.63, 3.8) is 0 Å². The van der Waals surface area contributed by atoms with E-state index < -0.39 is 5.60 Å². The molecule has 2 aromatic carbocycles. The van der Waals surface area contributed by atoms with Crippen LogP contribution in [0.4, 0.5) is 5.69 Å². The Hall–Kier alpha value is -1.45. The first kappa shape index (κ1) is 13.0. The summed E-state index contributed by atoms with van der Waals surface area (Å²) in [6, 6.07) is 17.4. The zero-order chi connectivity index (χ0) is 13.0. The van der Waals surface area contributed by atoms with E-state index in [9.17, 15) is 5.11 Å². The van der Waals surface area contributed by atoms with Crippen molar-refractivity contribution in [1.29, 1.82) is 0 Å². The molecule has 1 atom stereocenters. The SMILES string of the molecule is CC(O)(CSc1cccc(N)c1)c1ccccc1. The number of hydrogen-bond acceptors (Lipinski definition) is 3. The summed E-state index contributed by atoms with van der Waals surface area (Å²) in [4.78, 5) is 1.08. The highest BCUT2D eigenvalue weighted by Crippen LogP contribution is 2.29. The third kappa shape index (κ3) is 3.28. The van der Waals surface area contributed by atoms with E-state index in [1.165, 1.54) is 0 Å². The second kappa shape index (κ2) is 5.46. The molecular formula is C15H17NOS. The fourth-order valence-corrected chi connectivity index (χ4v) is 2.72. The van der Waals surface area contributed by atoms with Gasteiger partial charge in [-0.15, -0.1) is 11.8 Å². The first-order chi connectivity index (χ1) is 8.58.